The third-order valence-electron chi connectivity index (χ3n) is 4.73. The van der Waals surface area contributed by atoms with E-state index in [2.05, 4.69) is 38.6 Å². The minimum absolute atomic E-state index is 0.254. The van der Waals surface area contributed by atoms with Gasteiger partial charge >= 0.3 is 0 Å². The van der Waals surface area contributed by atoms with E-state index in [0.717, 1.165) is 18.1 Å². The third kappa shape index (κ3) is 1.69. The second-order valence-corrected chi connectivity index (χ2v) is 6.29. The molecule has 0 saturated carbocycles. The highest BCUT2D eigenvalue weighted by atomic mass is 32.1. The highest BCUT2D eigenvalue weighted by Crippen LogP contribution is 2.49. The largest absolute Gasteiger partial charge is 0.469 e. The summed E-state index contributed by atoms with van der Waals surface area (Å²) in [5.41, 5.74) is 3.20. The molecule has 92 valence electrons. The molecule has 2 heteroatoms. The molecule has 0 amide bonds. The molecule has 0 aliphatic heterocycles. The van der Waals surface area contributed by atoms with Crippen molar-refractivity contribution in [2.24, 2.45) is 11.8 Å². The van der Waals surface area contributed by atoms with Crippen molar-refractivity contribution in [3.63, 3.8) is 0 Å². The summed E-state index contributed by atoms with van der Waals surface area (Å²) in [7, 11) is 0. The van der Waals surface area contributed by atoms with Crippen molar-refractivity contribution in [2.75, 3.05) is 5.75 Å². The van der Waals surface area contributed by atoms with Crippen LogP contribution in [0.5, 0.6) is 0 Å². The topological polar surface area (TPSA) is 13.1 Å². The zero-order valence-electron chi connectivity index (χ0n) is 10.6. The lowest BCUT2D eigenvalue weighted by atomic mass is 9.59. The minimum Gasteiger partial charge on any atom is -0.469 e. The zero-order valence-corrected chi connectivity index (χ0v) is 11.5. The van der Waals surface area contributed by atoms with Gasteiger partial charge in [-0.25, -0.2) is 0 Å². The second-order valence-electron chi connectivity index (χ2n) is 5.98. The van der Waals surface area contributed by atoms with E-state index in [0.29, 0.717) is 5.92 Å². The van der Waals surface area contributed by atoms with Crippen molar-refractivity contribution in [3.8, 4) is 0 Å². The number of fused-ring (bicyclic) bond motifs is 2. The molecular weight excluding hydrogens is 228 g/mol. The van der Waals surface area contributed by atoms with Crippen LogP contribution in [0.25, 0.3) is 0 Å². The lowest BCUT2D eigenvalue weighted by molar-refractivity contribution is 0.188. The van der Waals surface area contributed by atoms with Gasteiger partial charge in [-0.1, -0.05) is 25.5 Å². The van der Waals surface area contributed by atoms with Crippen LogP contribution in [-0.4, -0.2) is 5.75 Å². The Morgan fingerprint density at radius 2 is 2.29 bits per heavy atom. The summed E-state index contributed by atoms with van der Waals surface area (Å²) in [6.45, 7) is 4.75. The fourth-order valence-corrected chi connectivity index (χ4v) is 4.04. The normalized spacial score (nSPS) is 30.4. The van der Waals surface area contributed by atoms with Gasteiger partial charge in [0.05, 0.1) is 6.26 Å². The van der Waals surface area contributed by atoms with Gasteiger partial charge in [-0.15, -0.1) is 0 Å². The smallest absolute Gasteiger partial charge is 0.108 e. The van der Waals surface area contributed by atoms with Gasteiger partial charge < -0.3 is 4.42 Å². The van der Waals surface area contributed by atoms with Gasteiger partial charge in [0.2, 0.25) is 0 Å². The molecule has 1 heterocycles. The van der Waals surface area contributed by atoms with Crippen LogP contribution in [0, 0.1) is 11.8 Å². The molecule has 0 bridgehead atoms. The molecule has 0 radical (unpaired) electrons. The monoisotopic (exact) mass is 248 g/mol. The fourth-order valence-electron chi connectivity index (χ4n) is 3.77. The van der Waals surface area contributed by atoms with E-state index >= 15 is 0 Å². The summed E-state index contributed by atoms with van der Waals surface area (Å²) in [5.74, 6) is 3.53. The van der Waals surface area contributed by atoms with Crippen LogP contribution in [0.1, 0.15) is 38.0 Å². The fraction of sp³-hybridized carbons (Fsp3) is 0.600. The lowest BCUT2D eigenvalue weighted by Gasteiger charge is -2.45. The summed E-state index contributed by atoms with van der Waals surface area (Å²) in [5, 5.41) is 0. The average molecular weight is 248 g/mol. The van der Waals surface area contributed by atoms with Crippen LogP contribution in [0.15, 0.2) is 28.4 Å². The molecule has 2 aliphatic carbocycles. The molecule has 1 aromatic rings. The first-order chi connectivity index (χ1) is 8.13. The molecular formula is C15H20OS. The molecule has 0 saturated heterocycles. The quantitative estimate of drug-likeness (QED) is 0.585. The van der Waals surface area contributed by atoms with Gasteiger partial charge in [-0.3, -0.25) is 0 Å². The molecule has 17 heavy (non-hydrogen) atoms. The number of rotatable bonds is 1. The third-order valence-corrected chi connectivity index (χ3v) is 5.14. The predicted molar refractivity (Wildman–Crippen MR) is 73.6 cm³/mol. The predicted octanol–water partition coefficient (Wildman–Crippen LogP) is 4.00. The zero-order chi connectivity index (χ0) is 12.0. The van der Waals surface area contributed by atoms with Crippen LogP contribution < -0.4 is 0 Å². The Morgan fingerprint density at radius 3 is 3.06 bits per heavy atom. The van der Waals surface area contributed by atoms with Crippen LogP contribution in [0.4, 0.5) is 0 Å². The van der Waals surface area contributed by atoms with Crippen molar-refractivity contribution >= 4 is 12.6 Å². The Kier molecular flexibility index (Phi) is 2.66. The maximum atomic E-state index is 5.66. The Morgan fingerprint density at radius 1 is 1.47 bits per heavy atom. The van der Waals surface area contributed by atoms with Gasteiger partial charge in [0.1, 0.15) is 5.76 Å². The standard InChI is InChI=1S/C15H20OS/c1-15(2)12-4-3-10(9-17)7-11(12)8-14-13(15)5-6-16-14/h5-7,11-12,17H,3-4,8-9H2,1-2H3/t11-,12+/m1/s1. The molecule has 0 fully saturated rings. The van der Waals surface area contributed by atoms with Crippen molar-refractivity contribution in [3.05, 3.63) is 35.3 Å². The van der Waals surface area contributed by atoms with Gasteiger partial charge in [0.15, 0.2) is 0 Å². The summed E-state index contributed by atoms with van der Waals surface area (Å²) >= 11 is 4.41. The summed E-state index contributed by atoms with van der Waals surface area (Å²) in [6, 6.07) is 2.17. The van der Waals surface area contributed by atoms with E-state index in [1.54, 1.807) is 0 Å². The Balaban J connectivity index is 2.02. The van der Waals surface area contributed by atoms with Gasteiger partial charge in [0, 0.05) is 12.2 Å². The highest BCUT2D eigenvalue weighted by Gasteiger charge is 2.44. The number of allylic oxidation sites excluding steroid dienone is 1. The van der Waals surface area contributed by atoms with Crippen LogP contribution in [-0.2, 0) is 11.8 Å². The second kappa shape index (κ2) is 3.94. The van der Waals surface area contributed by atoms with E-state index in [4.69, 9.17) is 4.42 Å². The highest BCUT2D eigenvalue weighted by molar-refractivity contribution is 7.80. The number of furan rings is 1. The molecule has 0 unspecified atom stereocenters. The van der Waals surface area contributed by atoms with E-state index in [-0.39, 0.29) is 5.41 Å². The molecule has 1 nitrogen and oxygen atoms in total. The van der Waals surface area contributed by atoms with E-state index in [1.165, 1.54) is 29.7 Å². The first-order valence-corrected chi connectivity index (χ1v) is 7.13. The van der Waals surface area contributed by atoms with Crippen molar-refractivity contribution in [2.45, 2.75) is 38.5 Å². The van der Waals surface area contributed by atoms with Crippen molar-refractivity contribution in [1.82, 2.24) is 0 Å². The van der Waals surface area contributed by atoms with Gasteiger partial charge in [-0.05, 0) is 41.7 Å². The molecule has 0 N–H and O–H groups in total. The molecule has 1 aromatic heterocycles. The molecule has 0 spiro atoms. The maximum Gasteiger partial charge on any atom is 0.108 e. The Hall–Kier alpha value is -0.630. The van der Waals surface area contributed by atoms with E-state index in [1.807, 2.05) is 6.26 Å². The molecule has 3 rings (SSSR count). The van der Waals surface area contributed by atoms with Crippen molar-refractivity contribution < 1.29 is 4.42 Å². The van der Waals surface area contributed by atoms with E-state index in [9.17, 15) is 0 Å². The lowest BCUT2D eigenvalue weighted by Crippen LogP contribution is -2.40. The van der Waals surface area contributed by atoms with E-state index < -0.39 is 0 Å². The SMILES string of the molecule is CC1(C)c2ccoc2C[C@H]2C=C(CS)CC[C@@H]21. The minimum atomic E-state index is 0.254. The molecule has 2 aliphatic rings. The first kappa shape index (κ1) is 11.5. The van der Waals surface area contributed by atoms with Crippen molar-refractivity contribution in [1.29, 1.82) is 0 Å². The van der Waals surface area contributed by atoms with Crippen LogP contribution in [0.3, 0.4) is 0 Å². The average Bonchev–Trinajstić information content (AvgIpc) is 2.77. The number of hydrogen-bond acceptors (Lipinski definition) is 2. The summed E-state index contributed by atoms with van der Waals surface area (Å²) in [4.78, 5) is 0. The number of hydrogen-bond donors (Lipinski definition) is 1. The van der Waals surface area contributed by atoms with Gasteiger partial charge in [0.25, 0.3) is 0 Å². The summed E-state index contributed by atoms with van der Waals surface area (Å²) < 4.78 is 5.66. The van der Waals surface area contributed by atoms with Crippen LogP contribution in [0.2, 0.25) is 0 Å². The maximum absolute atomic E-state index is 5.66. The Bertz CT molecular complexity index is 455. The first-order valence-electron chi connectivity index (χ1n) is 6.50. The summed E-state index contributed by atoms with van der Waals surface area (Å²) in [6.07, 6.45) is 7.92. The molecule has 2 atom stereocenters. The number of thiol groups is 1. The van der Waals surface area contributed by atoms with Gasteiger partial charge in [-0.2, -0.15) is 12.6 Å². The Labute approximate surface area is 109 Å². The van der Waals surface area contributed by atoms with Crippen LogP contribution >= 0.6 is 12.6 Å². The molecule has 0 aromatic carbocycles.